The van der Waals surface area contributed by atoms with Gasteiger partial charge < -0.3 is 9.32 Å². The molecule has 0 radical (unpaired) electrons. The van der Waals surface area contributed by atoms with Crippen LogP contribution in [0.1, 0.15) is 32.5 Å². The molecule has 1 amide bonds. The summed E-state index contributed by atoms with van der Waals surface area (Å²) in [6.07, 6.45) is 2.50. The monoisotopic (exact) mass is 392 g/mol. The second-order valence-corrected chi connectivity index (χ2v) is 8.23. The molecule has 1 aliphatic rings. The van der Waals surface area contributed by atoms with Crippen molar-refractivity contribution in [2.45, 2.75) is 12.5 Å². The summed E-state index contributed by atoms with van der Waals surface area (Å²) in [4.78, 5) is 21.2. The number of benzene rings is 1. The average molecular weight is 393 g/mol. The fraction of sp³-hybridized carbons (Fsp3) is 0.143. The van der Waals surface area contributed by atoms with Gasteiger partial charge in [0.2, 0.25) is 0 Å². The van der Waals surface area contributed by atoms with Crippen LogP contribution in [0, 0.1) is 0 Å². The van der Waals surface area contributed by atoms with Crippen molar-refractivity contribution in [1.29, 1.82) is 0 Å². The van der Waals surface area contributed by atoms with E-state index >= 15 is 0 Å². The van der Waals surface area contributed by atoms with E-state index in [0.29, 0.717) is 18.0 Å². The number of rotatable bonds is 3. The number of hydrogen-bond acceptors (Lipinski definition) is 5. The molecule has 4 heterocycles. The molecule has 0 aliphatic carbocycles. The zero-order valence-electron chi connectivity index (χ0n) is 14.4. The Labute approximate surface area is 164 Å². The molecular formula is C21H16N2O2S2. The van der Waals surface area contributed by atoms with Crippen molar-refractivity contribution >= 4 is 28.6 Å². The molecule has 0 N–H and O–H groups in total. The number of amides is 1. The summed E-state index contributed by atoms with van der Waals surface area (Å²) in [6, 6.07) is 16.0. The van der Waals surface area contributed by atoms with Gasteiger partial charge >= 0.3 is 0 Å². The van der Waals surface area contributed by atoms with Crippen LogP contribution in [0.5, 0.6) is 0 Å². The maximum atomic E-state index is 13.3. The van der Waals surface area contributed by atoms with Gasteiger partial charge in [0.15, 0.2) is 10.8 Å². The topological polar surface area (TPSA) is 46.3 Å². The van der Waals surface area contributed by atoms with Gasteiger partial charge in [0, 0.05) is 16.8 Å². The summed E-state index contributed by atoms with van der Waals surface area (Å²) < 4.78 is 5.41. The van der Waals surface area contributed by atoms with Crippen LogP contribution in [0.3, 0.4) is 0 Å². The minimum absolute atomic E-state index is 0.0326. The number of thiazole rings is 1. The van der Waals surface area contributed by atoms with Gasteiger partial charge in [-0.05, 0) is 41.1 Å². The van der Waals surface area contributed by atoms with E-state index in [2.05, 4.69) is 28.6 Å². The van der Waals surface area contributed by atoms with Crippen molar-refractivity contribution in [2.75, 3.05) is 6.54 Å². The van der Waals surface area contributed by atoms with Crippen LogP contribution >= 0.6 is 22.7 Å². The van der Waals surface area contributed by atoms with Gasteiger partial charge in [-0.3, -0.25) is 4.79 Å². The van der Waals surface area contributed by atoms with Crippen molar-refractivity contribution in [1.82, 2.24) is 9.88 Å². The largest absolute Gasteiger partial charge is 0.462 e. The minimum Gasteiger partial charge on any atom is -0.462 e. The highest BCUT2D eigenvalue weighted by Crippen LogP contribution is 2.38. The molecule has 5 rings (SSSR count). The Morgan fingerprint density at radius 1 is 1.11 bits per heavy atom. The van der Waals surface area contributed by atoms with E-state index in [1.807, 2.05) is 40.6 Å². The summed E-state index contributed by atoms with van der Waals surface area (Å²) >= 11 is 3.21. The van der Waals surface area contributed by atoms with E-state index in [1.165, 1.54) is 21.8 Å². The molecule has 0 fully saturated rings. The first kappa shape index (κ1) is 16.5. The van der Waals surface area contributed by atoms with Gasteiger partial charge in [0.25, 0.3) is 5.91 Å². The average Bonchev–Trinajstić information content (AvgIpc) is 3.48. The lowest BCUT2D eigenvalue weighted by Crippen LogP contribution is -2.40. The maximum absolute atomic E-state index is 13.3. The van der Waals surface area contributed by atoms with Crippen LogP contribution in [0.25, 0.3) is 10.8 Å². The Morgan fingerprint density at radius 2 is 2.00 bits per heavy atom. The summed E-state index contributed by atoms with van der Waals surface area (Å²) in [5, 5.41) is 4.67. The number of furan rings is 1. The van der Waals surface area contributed by atoms with Gasteiger partial charge in [0.05, 0.1) is 12.3 Å². The number of carbonyl (C=O) groups excluding carboxylic acids is 1. The molecule has 1 atom stereocenters. The summed E-state index contributed by atoms with van der Waals surface area (Å²) in [6.45, 7) is 0.694. The van der Waals surface area contributed by atoms with E-state index in [0.717, 1.165) is 17.0 Å². The molecule has 3 aromatic heterocycles. The number of thiophene rings is 1. The molecule has 1 aromatic carbocycles. The zero-order chi connectivity index (χ0) is 18.2. The summed E-state index contributed by atoms with van der Waals surface area (Å²) in [7, 11) is 0. The van der Waals surface area contributed by atoms with Crippen molar-refractivity contribution < 1.29 is 9.21 Å². The number of nitrogens with zero attached hydrogens (tertiary/aromatic N) is 2. The second kappa shape index (κ2) is 6.79. The van der Waals surface area contributed by atoms with Crippen LogP contribution in [-0.4, -0.2) is 22.3 Å². The summed E-state index contributed by atoms with van der Waals surface area (Å²) in [5.41, 5.74) is 2.84. The molecule has 4 aromatic rings. The maximum Gasteiger partial charge on any atom is 0.274 e. The Balaban J connectivity index is 1.52. The van der Waals surface area contributed by atoms with Crippen LogP contribution in [0.2, 0.25) is 0 Å². The molecule has 0 bridgehead atoms. The Kier molecular flexibility index (Phi) is 4.14. The first-order valence-corrected chi connectivity index (χ1v) is 10.5. The molecule has 4 nitrogen and oxygen atoms in total. The first-order valence-electron chi connectivity index (χ1n) is 8.73. The SMILES string of the molecule is O=C(c1csc(-c2ccco2)n1)N1CCc2sccc2C1c1ccccc1. The third-order valence-electron chi connectivity index (χ3n) is 4.80. The van der Waals surface area contributed by atoms with Crippen LogP contribution in [0.15, 0.2) is 70.0 Å². The number of hydrogen-bond donors (Lipinski definition) is 0. The van der Waals surface area contributed by atoms with Crippen LogP contribution < -0.4 is 0 Å². The number of carbonyl (C=O) groups is 1. The predicted molar refractivity (Wildman–Crippen MR) is 107 cm³/mol. The van der Waals surface area contributed by atoms with Crippen LogP contribution in [-0.2, 0) is 6.42 Å². The zero-order valence-corrected chi connectivity index (χ0v) is 16.0. The Hall–Kier alpha value is -2.70. The Morgan fingerprint density at radius 3 is 2.81 bits per heavy atom. The predicted octanol–water partition coefficient (Wildman–Crippen LogP) is 5.25. The normalized spacial score (nSPS) is 16.3. The number of fused-ring (bicyclic) bond motifs is 1. The highest BCUT2D eigenvalue weighted by Gasteiger charge is 2.34. The fourth-order valence-electron chi connectivity index (χ4n) is 3.56. The summed E-state index contributed by atoms with van der Waals surface area (Å²) in [5.74, 6) is 0.659. The Bertz CT molecular complexity index is 1070. The molecule has 134 valence electrons. The van der Waals surface area contributed by atoms with Crippen molar-refractivity contribution in [3.8, 4) is 10.8 Å². The lowest BCUT2D eigenvalue weighted by molar-refractivity contribution is 0.0691. The molecule has 1 aliphatic heterocycles. The van der Waals surface area contributed by atoms with Crippen LogP contribution in [0.4, 0.5) is 0 Å². The molecular weight excluding hydrogens is 376 g/mol. The second-order valence-electron chi connectivity index (χ2n) is 6.38. The first-order chi connectivity index (χ1) is 13.3. The van der Waals surface area contributed by atoms with Crippen molar-refractivity contribution in [3.05, 3.63) is 87.3 Å². The minimum atomic E-state index is -0.0672. The molecule has 1 unspecified atom stereocenters. The fourth-order valence-corrected chi connectivity index (χ4v) is 5.23. The van der Waals surface area contributed by atoms with E-state index < -0.39 is 0 Å². The van der Waals surface area contributed by atoms with Gasteiger partial charge in [-0.2, -0.15) is 0 Å². The lowest BCUT2D eigenvalue weighted by atomic mass is 9.93. The highest BCUT2D eigenvalue weighted by molar-refractivity contribution is 7.13. The number of aromatic nitrogens is 1. The van der Waals surface area contributed by atoms with Crippen molar-refractivity contribution in [2.24, 2.45) is 0 Å². The van der Waals surface area contributed by atoms with Gasteiger partial charge in [-0.1, -0.05) is 30.3 Å². The highest BCUT2D eigenvalue weighted by atomic mass is 32.1. The van der Waals surface area contributed by atoms with E-state index in [-0.39, 0.29) is 11.9 Å². The molecule has 0 saturated carbocycles. The third-order valence-corrected chi connectivity index (χ3v) is 6.65. The van der Waals surface area contributed by atoms with E-state index in [1.54, 1.807) is 17.6 Å². The van der Waals surface area contributed by atoms with E-state index in [9.17, 15) is 4.79 Å². The van der Waals surface area contributed by atoms with Gasteiger partial charge in [0.1, 0.15) is 5.69 Å². The standard InChI is InChI=1S/C21H16N2O2S2/c24-21(16-13-27-20(22-16)17-7-4-11-25-17)23-10-8-18-15(9-12-26-18)19(23)14-5-2-1-3-6-14/h1-7,9,11-13,19H,8,10H2. The quantitative estimate of drug-likeness (QED) is 0.478. The smallest absolute Gasteiger partial charge is 0.274 e. The molecule has 0 spiro atoms. The van der Waals surface area contributed by atoms with Crippen molar-refractivity contribution in [3.63, 3.8) is 0 Å². The van der Waals surface area contributed by atoms with E-state index in [4.69, 9.17) is 4.42 Å². The molecule has 0 saturated heterocycles. The lowest BCUT2D eigenvalue weighted by Gasteiger charge is -2.36. The molecule has 6 heteroatoms. The van der Waals surface area contributed by atoms with Gasteiger partial charge in [-0.15, -0.1) is 22.7 Å². The molecule has 27 heavy (non-hydrogen) atoms. The third kappa shape index (κ3) is 2.91. The van der Waals surface area contributed by atoms with Gasteiger partial charge in [-0.25, -0.2) is 4.98 Å².